The molecule has 2 rings (SSSR count). The Labute approximate surface area is 127 Å². The fraction of sp³-hybridized carbons (Fsp3) is 0.133. The van der Waals surface area contributed by atoms with E-state index >= 15 is 0 Å². The number of nitrogens with two attached hydrogens (primary N) is 1. The number of nitrogens with one attached hydrogen (secondary N) is 1. The van der Waals surface area contributed by atoms with Gasteiger partial charge >= 0.3 is 0 Å². The van der Waals surface area contributed by atoms with Gasteiger partial charge in [-0.25, -0.2) is 0 Å². The Morgan fingerprint density at radius 2 is 2.05 bits per heavy atom. The van der Waals surface area contributed by atoms with Crippen LogP contribution < -0.4 is 11.1 Å². The molecule has 0 radical (unpaired) electrons. The van der Waals surface area contributed by atoms with Crippen LogP contribution in [-0.2, 0) is 0 Å². The lowest BCUT2D eigenvalue weighted by Gasteiger charge is -2.11. The highest BCUT2D eigenvalue weighted by molar-refractivity contribution is 7.99. The first-order valence-corrected chi connectivity index (χ1v) is 7.56. The van der Waals surface area contributed by atoms with Crippen LogP contribution in [0.3, 0.4) is 0 Å². The number of hydrogen-bond donors (Lipinski definition) is 2. The minimum absolute atomic E-state index is 0.258. The molecule has 0 fully saturated rings. The van der Waals surface area contributed by atoms with Gasteiger partial charge in [0.1, 0.15) is 0 Å². The molecule has 0 aliphatic rings. The van der Waals surface area contributed by atoms with Gasteiger partial charge in [-0.05, 0) is 36.1 Å². The van der Waals surface area contributed by atoms with Gasteiger partial charge < -0.3 is 11.1 Å². The van der Waals surface area contributed by atoms with Gasteiger partial charge in [0.25, 0.3) is 5.91 Å². The average molecular weight is 307 g/mol. The van der Waals surface area contributed by atoms with E-state index < -0.39 is 0 Å². The number of para-hydroxylation sites is 1. The van der Waals surface area contributed by atoms with E-state index in [2.05, 4.69) is 12.2 Å². The molecule has 0 bridgehead atoms. The molecular weight excluding hydrogens is 292 g/mol. The largest absolute Gasteiger partial charge is 0.399 e. The van der Waals surface area contributed by atoms with Crippen molar-refractivity contribution in [1.29, 1.82) is 0 Å². The third-order valence-corrected chi connectivity index (χ3v) is 3.96. The monoisotopic (exact) mass is 306 g/mol. The summed E-state index contributed by atoms with van der Waals surface area (Å²) in [5.74, 6) is 0.679. The Bertz CT molecular complexity index is 631. The quantitative estimate of drug-likeness (QED) is 0.654. The molecule has 0 unspecified atom stereocenters. The summed E-state index contributed by atoms with van der Waals surface area (Å²) in [6.45, 7) is 2.07. The highest BCUT2D eigenvalue weighted by Gasteiger charge is 2.12. The smallest absolute Gasteiger partial charge is 0.257 e. The van der Waals surface area contributed by atoms with Gasteiger partial charge in [0.2, 0.25) is 0 Å². The van der Waals surface area contributed by atoms with Crippen molar-refractivity contribution in [3.8, 4) is 0 Å². The molecule has 0 atom stereocenters. The zero-order chi connectivity index (χ0) is 14.5. The van der Waals surface area contributed by atoms with Crippen LogP contribution in [0.2, 0.25) is 5.02 Å². The van der Waals surface area contributed by atoms with Gasteiger partial charge in [-0.15, -0.1) is 11.8 Å². The minimum Gasteiger partial charge on any atom is -0.399 e. The van der Waals surface area contributed by atoms with Crippen molar-refractivity contribution >= 4 is 40.6 Å². The van der Waals surface area contributed by atoms with Crippen LogP contribution in [0.25, 0.3) is 0 Å². The van der Waals surface area contributed by atoms with E-state index in [0.717, 1.165) is 16.3 Å². The minimum atomic E-state index is -0.258. The van der Waals surface area contributed by atoms with E-state index in [1.165, 1.54) is 0 Å². The molecule has 3 nitrogen and oxygen atoms in total. The van der Waals surface area contributed by atoms with Crippen LogP contribution in [0.15, 0.2) is 47.4 Å². The number of carbonyl (C=O) groups is 1. The van der Waals surface area contributed by atoms with Crippen LogP contribution in [0.5, 0.6) is 0 Å². The van der Waals surface area contributed by atoms with Crippen LogP contribution in [0.4, 0.5) is 11.4 Å². The van der Waals surface area contributed by atoms with Crippen LogP contribution in [-0.4, -0.2) is 11.7 Å². The predicted octanol–water partition coefficient (Wildman–Crippen LogP) is 4.29. The summed E-state index contributed by atoms with van der Waals surface area (Å²) in [7, 11) is 0. The van der Waals surface area contributed by atoms with E-state index in [1.54, 1.807) is 30.0 Å². The van der Waals surface area contributed by atoms with Crippen molar-refractivity contribution in [1.82, 2.24) is 0 Å². The van der Waals surface area contributed by atoms with Crippen molar-refractivity contribution in [3.05, 3.63) is 53.1 Å². The second-order valence-electron chi connectivity index (χ2n) is 4.12. The van der Waals surface area contributed by atoms with E-state index in [9.17, 15) is 4.79 Å². The third-order valence-electron chi connectivity index (χ3n) is 2.67. The Morgan fingerprint density at radius 3 is 2.80 bits per heavy atom. The van der Waals surface area contributed by atoms with Gasteiger partial charge in [-0.1, -0.05) is 30.7 Å². The number of carbonyl (C=O) groups excluding carboxylic acids is 1. The maximum Gasteiger partial charge on any atom is 0.257 e. The summed E-state index contributed by atoms with van der Waals surface area (Å²) in [6, 6.07) is 12.5. The molecule has 0 saturated heterocycles. The molecule has 2 aromatic rings. The molecule has 0 aromatic heterocycles. The first-order valence-electron chi connectivity index (χ1n) is 6.20. The Morgan fingerprint density at radius 1 is 1.30 bits per heavy atom. The summed E-state index contributed by atoms with van der Waals surface area (Å²) in [5, 5.41) is 3.27. The number of halogens is 1. The van der Waals surface area contributed by atoms with Crippen molar-refractivity contribution in [2.45, 2.75) is 11.8 Å². The Hall–Kier alpha value is -1.65. The highest BCUT2D eigenvalue weighted by atomic mass is 35.5. The van der Waals surface area contributed by atoms with Gasteiger partial charge in [0.15, 0.2) is 0 Å². The maximum atomic E-state index is 12.3. The normalized spacial score (nSPS) is 10.3. The third kappa shape index (κ3) is 3.46. The summed E-state index contributed by atoms with van der Waals surface area (Å²) >= 11 is 7.71. The number of hydrogen-bond acceptors (Lipinski definition) is 3. The molecular formula is C15H15ClN2OS. The number of thioether (sulfide) groups is 1. The topological polar surface area (TPSA) is 55.1 Å². The zero-order valence-corrected chi connectivity index (χ0v) is 12.6. The molecule has 0 saturated carbocycles. The maximum absolute atomic E-state index is 12.3. The molecule has 20 heavy (non-hydrogen) atoms. The predicted molar refractivity (Wildman–Crippen MR) is 86.7 cm³/mol. The molecule has 0 heterocycles. The first kappa shape index (κ1) is 14.8. The van der Waals surface area contributed by atoms with Crippen molar-refractivity contribution < 1.29 is 4.79 Å². The fourth-order valence-corrected chi connectivity index (χ4v) is 2.72. The molecule has 5 heteroatoms. The molecule has 0 spiro atoms. The number of amides is 1. The summed E-state index contributed by atoms with van der Waals surface area (Å²) in [5.41, 5.74) is 7.36. The number of benzene rings is 2. The van der Waals surface area contributed by atoms with Crippen LogP contribution >= 0.6 is 23.4 Å². The average Bonchev–Trinajstić information content (AvgIpc) is 2.44. The van der Waals surface area contributed by atoms with Crippen molar-refractivity contribution in [2.75, 3.05) is 16.8 Å². The van der Waals surface area contributed by atoms with E-state index in [4.69, 9.17) is 17.3 Å². The Kier molecular flexibility index (Phi) is 4.93. The van der Waals surface area contributed by atoms with Crippen molar-refractivity contribution in [2.24, 2.45) is 0 Å². The number of nitrogen functional groups attached to an aromatic ring is 1. The zero-order valence-electron chi connectivity index (χ0n) is 11.0. The fourth-order valence-electron chi connectivity index (χ4n) is 1.76. The van der Waals surface area contributed by atoms with Gasteiger partial charge in [0, 0.05) is 10.6 Å². The lowest BCUT2D eigenvalue weighted by Crippen LogP contribution is -2.13. The second kappa shape index (κ2) is 6.68. The SMILES string of the molecule is CCSc1ccccc1NC(=O)c1cc(N)ccc1Cl. The molecule has 1 amide bonds. The van der Waals surface area contributed by atoms with E-state index in [0.29, 0.717) is 16.3 Å². The van der Waals surface area contributed by atoms with Gasteiger partial charge in [-0.2, -0.15) is 0 Å². The number of anilines is 2. The Balaban J connectivity index is 2.26. The summed E-state index contributed by atoms with van der Waals surface area (Å²) in [6.07, 6.45) is 0. The lowest BCUT2D eigenvalue weighted by atomic mass is 10.2. The van der Waals surface area contributed by atoms with Crippen LogP contribution in [0, 0.1) is 0 Å². The molecule has 104 valence electrons. The lowest BCUT2D eigenvalue weighted by molar-refractivity contribution is 0.102. The standard InChI is InChI=1S/C15H15ClN2OS/c1-2-20-14-6-4-3-5-13(14)18-15(19)11-9-10(17)7-8-12(11)16/h3-9H,2,17H2,1H3,(H,18,19). The van der Waals surface area contributed by atoms with E-state index in [-0.39, 0.29) is 5.91 Å². The van der Waals surface area contributed by atoms with Gasteiger partial charge in [0.05, 0.1) is 16.3 Å². The molecule has 0 aliphatic heterocycles. The summed E-state index contributed by atoms with van der Waals surface area (Å²) in [4.78, 5) is 13.3. The second-order valence-corrected chi connectivity index (χ2v) is 5.84. The molecule has 0 aliphatic carbocycles. The summed E-state index contributed by atoms with van der Waals surface area (Å²) < 4.78 is 0. The first-order chi connectivity index (χ1) is 9.61. The van der Waals surface area contributed by atoms with E-state index in [1.807, 2.05) is 24.3 Å². The highest BCUT2D eigenvalue weighted by Crippen LogP contribution is 2.28. The van der Waals surface area contributed by atoms with Crippen molar-refractivity contribution in [3.63, 3.8) is 0 Å². The molecule has 3 N–H and O–H groups in total. The van der Waals surface area contributed by atoms with Crippen LogP contribution in [0.1, 0.15) is 17.3 Å². The molecule has 2 aromatic carbocycles. The number of rotatable bonds is 4. The van der Waals surface area contributed by atoms with Gasteiger partial charge in [-0.3, -0.25) is 4.79 Å².